The van der Waals surface area contributed by atoms with Crippen LogP contribution in [0, 0.1) is 5.92 Å². The van der Waals surface area contributed by atoms with Gasteiger partial charge in [0.15, 0.2) is 5.78 Å². The van der Waals surface area contributed by atoms with E-state index in [4.69, 9.17) is 10.5 Å². The zero-order valence-corrected chi connectivity index (χ0v) is 15.9. The van der Waals surface area contributed by atoms with E-state index in [1.807, 2.05) is 0 Å². The highest BCUT2D eigenvalue weighted by Gasteiger charge is 2.27. The van der Waals surface area contributed by atoms with Crippen LogP contribution in [0.2, 0.25) is 0 Å². The Morgan fingerprint density at radius 1 is 1.22 bits per heavy atom. The van der Waals surface area contributed by atoms with Gasteiger partial charge in [-0.2, -0.15) is 0 Å². The lowest BCUT2D eigenvalue weighted by molar-refractivity contribution is -0.135. The number of ether oxygens (including phenoxy) is 1. The number of nitrogens with zero attached hydrogens (tertiary/aromatic N) is 1. The van der Waals surface area contributed by atoms with Crippen molar-refractivity contribution in [3.63, 3.8) is 0 Å². The Labute approximate surface area is 160 Å². The molecule has 0 aliphatic carbocycles. The molecule has 7 heteroatoms. The van der Waals surface area contributed by atoms with Gasteiger partial charge in [0, 0.05) is 44.6 Å². The van der Waals surface area contributed by atoms with Crippen LogP contribution in [-0.2, 0) is 9.59 Å². The van der Waals surface area contributed by atoms with Crippen LogP contribution in [0.1, 0.15) is 42.5 Å². The first-order valence-corrected chi connectivity index (χ1v) is 9.48. The fourth-order valence-electron chi connectivity index (χ4n) is 3.24. The molecule has 0 saturated carbocycles. The second-order valence-corrected chi connectivity index (χ2v) is 6.76. The molecule has 0 bridgehead atoms. The van der Waals surface area contributed by atoms with Gasteiger partial charge in [0.1, 0.15) is 5.75 Å². The molecule has 3 N–H and O–H groups in total. The number of Topliss-reactive ketones (excluding diaryl/α,β-unsaturated/α-hetero) is 1. The lowest BCUT2D eigenvalue weighted by Crippen LogP contribution is -2.46. The molecule has 1 atom stereocenters. The van der Waals surface area contributed by atoms with Crippen LogP contribution in [-0.4, -0.2) is 55.8 Å². The quantitative estimate of drug-likeness (QED) is 0.635. The monoisotopic (exact) mass is 375 g/mol. The molecule has 1 saturated heterocycles. The summed E-state index contributed by atoms with van der Waals surface area (Å²) in [4.78, 5) is 38.5. The third-order valence-electron chi connectivity index (χ3n) is 4.79. The van der Waals surface area contributed by atoms with E-state index in [-0.39, 0.29) is 23.5 Å². The molecule has 0 radical (unpaired) electrons. The van der Waals surface area contributed by atoms with Gasteiger partial charge in [0.25, 0.3) is 0 Å². The third kappa shape index (κ3) is 6.36. The predicted octanol–water partition coefficient (Wildman–Crippen LogP) is 1.36. The van der Waals surface area contributed by atoms with Gasteiger partial charge in [-0.1, -0.05) is 0 Å². The van der Waals surface area contributed by atoms with Crippen molar-refractivity contribution in [1.82, 2.24) is 10.2 Å². The van der Waals surface area contributed by atoms with Crippen LogP contribution in [0.4, 0.5) is 0 Å². The number of piperidine rings is 1. The van der Waals surface area contributed by atoms with Gasteiger partial charge in [-0.3, -0.25) is 14.4 Å². The number of ketones is 1. The van der Waals surface area contributed by atoms with Crippen molar-refractivity contribution in [3.05, 3.63) is 29.8 Å². The molecule has 1 aliphatic heterocycles. The Morgan fingerprint density at radius 2 is 1.96 bits per heavy atom. The van der Waals surface area contributed by atoms with Crippen molar-refractivity contribution in [3.8, 4) is 5.75 Å². The number of hydrogen-bond acceptors (Lipinski definition) is 5. The van der Waals surface area contributed by atoms with Crippen molar-refractivity contribution in [2.24, 2.45) is 11.7 Å². The van der Waals surface area contributed by atoms with Crippen molar-refractivity contribution in [2.75, 3.05) is 33.3 Å². The lowest BCUT2D eigenvalue weighted by atomic mass is 9.96. The van der Waals surface area contributed by atoms with Gasteiger partial charge in [0.2, 0.25) is 11.8 Å². The standard InChI is InChI=1S/C20H29N3O4/c1-27-17-9-7-15(8-10-17)18(24)5-2-6-19(25)23-13-3-4-16(14-23)20(26)22-12-11-21/h7-10,16H,2-6,11-14,21H2,1H3,(H,22,26). The van der Waals surface area contributed by atoms with E-state index in [2.05, 4.69) is 5.32 Å². The number of amides is 2. The Balaban J connectivity index is 1.75. The number of nitrogens with one attached hydrogen (secondary N) is 1. The Morgan fingerprint density at radius 3 is 2.63 bits per heavy atom. The number of benzene rings is 1. The summed E-state index contributed by atoms with van der Waals surface area (Å²) in [6, 6.07) is 6.97. The van der Waals surface area contributed by atoms with Crippen molar-refractivity contribution < 1.29 is 19.1 Å². The first-order chi connectivity index (χ1) is 13.0. The Hall–Kier alpha value is -2.41. The Bertz CT molecular complexity index is 645. The van der Waals surface area contributed by atoms with E-state index < -0.39 is 0 Å². The van der Waals surface area contributed by atoms with Gasteiger partial charge >= 0.3 is 0 Å². The smallest absolute Gasteiger partial charge is 0.224 e. The highest BCUT2D eigenvalue weighted by molar-refractivity contribution is 5.96. The van der Waals surface area contributed by atoms with Crippen LogP contribution in [0.5, 0.6) is 5.75 Å². The van der Waals surface area contributed by atoms with E-state index in [9.17, 15) is 14.4 Å². The molecule has 1 aromatic carbocycles. The minimum atomic E-state index is -0.171. The molecule has 2 rings (SSSR count). The molecule has 1 aromatic rings. The van der Waals surface area contributed by atoms with Gasteiger partial charge in [-0.15, -0.1) is 0 Å². The summed E-state index contributed by atoms with van der Waals surface area (Å²) in [5.74, 6) is 0.525. The molecule has 1 aliphatic rings. The summed E-state index contributed by atoms with van der Waals surface area (Å²) in [5, 5.41) is 2.79. The maximum atomic E-state index is 12.4. The average molecular weight is 375 g/mol. The first kappa shape index (κ1) is 20.9. The minimum Gasteiger partial charge on any atom is -0.497 e. The summed E-state index contributed by atoms with van der Waals surface area (Å²) in [5.41, 5.74) is 6.03. The number of methoxy groups -OCH3 is 1. The van der Waals surface area contributed by atoms with Crippen LogP contribution in [0.3, 0.4) is 0 Å². The largest absolute Gasteiger partial charge is 0.497 e. The molecule has 148 valence electrons. The molecule has 1 heterocycles. The molecule has 7 nitrogen and oxygen atoms in total. The zero-order valence-electron chi connectivity index (χ0n) is 15.9. The van der Waals surface area contributed by atoms with E-state index in [1.165, 1.54) is 0 Å². The van der Waals surface area contributed by atoms with E-state index in [1.54, 1.807) is 36.3 Å². The number of rotatable bonds is 9. The molecular formula is C20H29N3O4. The number of carbonyl (C=O) groups is 3. The number of carbonyl (C=O) groups excluding carboxylic acids is 3. The molecule has 27 heavy (non-hydrogen) atoms. The third-order valence-corrected chi connectivity index (χ3v) is 4.79. The van der Waals surface area contributed by atoms with Crippen LogP contribution < -0.4 is 15.8 Å². The summed E-state index contributed by atoms with van der Waals surface area (Å²) in [6.07, 6.45) is 2.75. The number of hydrogen-bond donors (Lipinski definition) is 2. The van der Waals surface area contributed by atoms with E-state index >= 15 is 0 Å². The normalized spacial score (nSPS) is 16.7. The molecule has 1 unspecified atom stereocenters. The Kier molecular flexibility index (Phi) is 8.26. The van der Waals surface area contributed by atoms with Crippen LogP contribution >= 0.6 is 0 Å². The van der Waals surface area contributed by atoms with E-state index in [0.717, 1.165) is 12.8 Å². The topological polar surface area (TPSA) is 102 Å². The average Bonchev–Trinajstić information content (AvgIpc) is 2.71. The highest BCUT2D eigenvalue weighted by atomic mass is 16.5. The highest BCUT2D eigenvalue weighted by Crippen LogP contribution is 2.19. The van der Waals surface area contributed by atoms with Crippen molar-refractivity contribution in [1.29, 1.82) is 0 Å². The molecule has 1 fully saturated rings. The molecule has 2 amide bonds. The summed E-state index contributed by atoms with van der Waals surface area (Å²) < 4.78 is 5.08. The van der Waals surface area contributed by atoms with Crippen LogP contribution in [0.25, 0.3) is 0 Å². The molecule has 0 aromatic heterocycles. The number of likely N-dealkylation sites (tertiary alicyclic amines) is 1. The van der Waals surface area contributed by atoms with Crippen molar-refractivity contribution >= 4 is 17.6 Å². The SMILES string of the molecule is COc1ccc(C(=O)CCCC(=O)N2CCCC(C(=O)NCCN)C2)cc1. The van der Waals surface area contributed by atoms with Gasteiger partial charge in [-0.05, 0) is 43.5 Å². The summed E-state index contributed by atoms with van der Waals surface area (Å²) >= 11 is 0. The van der Waals surface area contributed by atoms with Gasteiger partial charge in [-0.25, -0.2) is 0 Å². The maximum absolute atomic E-state index is 12.4. The fourth-order valence-corrected chi connectivity index (χ4v) is 3.24. The number of nitrogens with two attached hydrogens (primary N) is 1. The van der Waals surface area contributed by atoms with Gasteiger partial charge in [0.05, 0.1) is 13.0 Å². The lowest BCUT2D eigenvalue weighted by Gasteiger charge is -2.32. The van der Waals surface area contributed by atoms with Crippen molar-refractivity contribution in [2.45, 2.75) is 32.1 Å². The van der Waals surface area contributed by atoms with Crippen LogP contribution in [0.15, 0.2) is 24.3 Å². The maximum Gasteiger partial charge on any atom is 0.224 e. The summed E-state index contributed by atoms with van der Waals surface area (Å²) in [6.45, 7) is 1.98. The predicted molar refractivity (Wildman–Crippen MR) is 103 cm³/mol. The zero-order chi connectivity index (χ0) is 19.6. The molecule has 0 spiro atoms. The fraction of sp³-hybridized carbons (Fsp3) is 0.550. The van der Waals surface area contributed by atoms with Gasteiger partial charge < -0.3 is 20.7 Å². The minimum absolute atomic E-state index is 0.00820. The molecular weight excluding hydrogens is 346 g/mol. The van der Waals surface area contributed by atoms with E-state index in [0.29, 0.717) is 56.8 Å². The summed E-state index contributed by atoms with van der Waals surface area (Å²) in [7, 11) is 1.58. The first-order valence-electron chi connectivity index (χ1n) is 9.48. The second-order valence-electron chi connectivity index (χ2n) is 6.76. The second kappa shape index (κ2) is 10.7.